The predicted molar refractivity (Wildman–Crippen MR) is 113 cm³/mol. The molecule has 2 heterocycles. The van der Waals surface area contributed by atoms with Gasteiger partial charge in [-0.05, 0) is 37.1 Å². The van der Waals surface area contributed by atoms with Crippen LogP contribution < -0.4 is 0 Å². The van der Waals surface area contributed by atoms with E-state index >= 15 is 0 Å². The summed E-state index contributed by atoms with van der Waals surface area (Å²) < 4.78 is 67.9. The molecule has 32 heavy (non-hydrogen) atoms. The third-order valence-electron chi connectivity index (χ3n) is 5.32. The van der Waals surface area contributed by atoms with Crippen molar-refractivity contribution in [1.29, 1.82) is 0 Å². The number of aryl methyl sites for hydroxylation is 1. The fourth-order valence-corrected chi connectivity index (χ4v) is 5.13. The highest BCUT2D eigenvalue weighted by Crippen LogP contribution is 2.36. The van der Waals surface area contributed by atoms with Crippen LogP contribution in [0.1, 0.15) is 48.4 Å². The fraction of sp³-hybridized carbons (Fsp3) is 0.500. The third kappa shape index (κ3) is 4.79. The topological polar surface area (TPSA) is 75.5 Å². The van der Waals surface area contributed by atoms with Crippen LogP contribution in [0.2, 0.25) is 5.02 Å². The van der Waals surface area contributed by atoms with E-state index in [1.807, 2.05) is 20.8 Å². The average molecular weight is 493 g/mol. The van der Waals surface area contributed by atoms with Gasteiger partial charge >= 0.3 is 6.18 Å². The number of rotatable bonds is 5. The van der Waals surface area contributed by atoms with E-state index < -0.39 is 31.7 Å². The lowest BCUT2D eigenvalue weighted by Crippen LogP contribution is -2.50. The molecule has 3 rings (SSSR count). The molecule has 1 aromatic heterocycles. The number of carbonyl (C=O) groups is 1. The van der Waals surface area contributed by atoms with E-state index in [4.69, 9.17) is 11.6 Å². The molecular formula is C20H24ClF3N4O3S. The molecule has 0 saturated carbocycles. The van der Waals surface area contributed by atoms with Gasteiger partial charge in [0.05, 0.1) is 21.2 Å². The maximum Gasteiger partial charge on any atom is 0.417 e. The van der Waals surface area contributed by atoms with E-state index in [1.165, 1.54) is 4.90 Å². The molecule has 1 aliphatic heterocycles. The molecule has 1 saturated heterocycles. The van der Waals surface area contributed by atoms with Crippen molar-refractivity contribution in [2.75, 3.05) is 26.2 Å². The minimum absolute atomic E-state index is 0.0324. The van der Waals surface area contributed by atoms with Gasteiger partial charge in [-0.1, -0.05) is 25.4 Å². The molecule has 176 valence electrons. The zero-order valence-electron chi connectivity index (χ0n) is 17.9. The first-order valence-electron chi connectivity index (χ1n) is 10.1. The van der Waals surface area contributed by atoms with Gasteiger partial charge in [0.25, 0.3) is 5.91 Å². The van der Waals surface area contributed by atoms with E-state index in [9.17, 15) is 26.4 Å². The Morgan fingerprint density at radius 3 is 2.31 bits per heavy atom. The minimum Gasteiger partial charge on any atom is -0.335 e. The Labute approximate surface area is 189 Å². The van der Waals surface area contributed by atoms with Crippen LogP contribution in [0.4, 0.5) is 13.2 Å². The highest BCUT2D eigenvalue weighted by atomic mass is 35.5. The largest absolute Gasteiger partial charge is 0.417 e. The van der Waals surface area contributed by atoms with Crippen LogP contribution >= 0.6 is 11.6 Å². The van der Waals surface area contributed by atoms with Crippen LogP contribution in [0.15, 0.2) is 29.2 Å². The molecule has 0 atom stereocenters. The summed E-state index contributed by atoms with van der Waals surface area (Å²) in [5, 5.41) is 3.86. The molecule has 0 radical (unpaired) electrons. The number of sulfonamides is 1. The van der Waals surface area contributed by atoms with Crippen LogP contribution in [0.3, 0.4) is 0 Å². The van der Waals surface area contributed by atoms with Crippen molar-refractivity contribution in [3.8, 4) is 0 Å². The summed E-state index contributed by atoms with van der Waals surface area (Å²) in [5.74, 6) is -0.105. The second-order valence-electron chi connectivity index (χ2n) is 7.76. The molecule has 1 fully saturated rings. The van der Waals surface area contributed by atoms with Gasteiger partial charge in [-0.15, -0.1) is 0 Å². The highest BCUT2D eigenvalue weighted by Gasteiger charge is 2.36. The van der Waals surface area contributed by atoms with Crippen LogP contribution in [-0.4, -0.2) is 59.5 Å². The van der Waals surface area contributed by atoms with Crippen molar-refractivity contribution in [2.24, 2.45) is 0 Å². The Bertz CT molecular complexity index is 1110. The summed E-state index contributed by atoms with van der Waals surface area (Å²) in [6, 6.07) is 4.27. The van der Waals surface area contributed by atoms with Crippen molar-refractivity contribution in [3.63, 3.8) is 0 Å². The van der Waals surface area contributed by atoms with Crippen molar-refractivity contribution in [3.05, 3.63) is 46.2 Å². The van der Waals surface area contributed by atoms with Gasteiger partial charge < -0.3 is 4.90 Å². The molecule has 1 amide bonds. The number of aromatic nitrogens is 2. The molecule has 12 heteroatoms. The van der Waals surface area contributed by atoms with E-state index in [-0.39, 0.29) is 38.0 Å². The normalized spacial score (nSPS) is 16.1. The van der Waals surface area contributed by atoms with Gasteiger partial charge in [-0.25, -0.2) is 8.42 Å². The van der Waals surface area contributed by atoms with Crippen molar-refractivity contribution in [2.45, 2.75) is 44.3 Å². The first-order valence-corrected chi connectivity index (χ1v) is 11.9. The van der Waals surface area contributed by atoms with E-state index in [2.05, 4.69) is 5.10 Å². The second kappa shape index (κ2) is 9.03. The monoisotopic (exact) mass is 492 g/mol. The number of hydrogen-bond donors (Lipinski definition) is 0. The van der Waals surface area contributed by atoms with Gasteiger partial charge in [0.15, 0.2) is 0 Å². The molecule has 0 spiro atoms. The maximum absolute atomic E-state index is 13.1. The minimum atomic E-state index is -4.77. The second-order valence-corrected chi connectivity index (χ2v) is 10.1. The predicted octanol–water partition coefficient (Wildman–Crippen LogP) is 3.85. The van der Waals surface area contributed by atoms with Crippen LogP contribution in [0.5, 0.6) is 0 Å². The number of alkyl halides is 3. The quantitative estimate of drug-likeness (QED) is 0.635. The summed E-state index contributed by atoms with van der Waals surface area (Å²) >= 11 is 5.60. The van der Waals surface area contributed by atoms with Crippen LogP contribution in [0, 0.1) is 0 Å². The summed E-state index contributed by atoms with van der Waals surface area (Å²) in [7, 11) is -4.18. The Morgan fingerprint density at radius 1 is 1.16 bits per heavy atom. The lowest BCUT2D eigenvalue weighted by Gasteiger charge is -2.34. The number of amides is 1. The maximum atomic E-state index is 13.1. The van der Waals surface area contributed by atoms with Gasteiger partial charge in [-0.2, -0.15) is 22.6 Å². The number of hydrogen-bond acceptors (Lipinski definition) is 4. The number of benzene rings is 1. The zero-order chi connectivity index (χ0) is 23.8. The highest BCUT2D eigenvalue weighted by molar-refractivity contribution is 7.89. The van der Waals surface area contributed by atoms with Crippen molar-refractivity contribution < 1.29 is 26.4 Å². The molecule has 0 bridgehead atoms. The summed E-state index contributed by atoms with van der Waals surface area (Å²) in [6.07, 6.45) is -4.77. The van der Waals surface area contributed by atoms with E-state index in [1.54, 1.807) is 10.7 Å². The molecule has 1 aromatic carbocycles. The summed E-state index contributed by atoms with van der Waals surface area (Å²) in [5.41, 5.74) is 0.0162. The van der Waals surface area contributed by atoms with Gasteiger partial charge in [0.2, 0.25) is 10.0 Å². The van der Waals surface area contributed by atoms with Gasteiger partial charge in [0, 0.05) is 32.7 Å². The lowest BCUT2D eigenvalue weighted by atomic mass is 10.1. The third-order valence-corrected chi connectivity index (χ3v) is 7.54. The Hall–Kier alpha value is -2.11. The molecule has 0 unspecified atom stereocenters. The van der Waals surface area contributed by atoms with E-state index in [0.29, 0.717) is 18.3 Å². The number of halogens is 4. The van der Waals surface area contributed by atoms with Crippen molar-refractivity contribution in [1.82, 2.24) is 19.0 Å². The molecule has 0 aliphatic carbocycles. The van der Waals surface area contributed by atoms with Crippen LogP contribution in [0.25, 0.3) is 0 Å². The first kappa shape index (κ1) is 24.5. The smallest absolute Gasteiger partial charge is 0.335 e. The number of nitrogens with zero attached hydrogens (tertiary/aromatic N) is 4. The first-order chi connectivity index (χ1) is 14.9. The Morgan fingerprint density at radius 2 is 1.78 bits per heavy atom. The lowest BCUT2D eigenvalue weighted by molar-refractivity contribution is -0.137. The standard InChI is InChI=1S/C20H24ClF3N4O3S/c1-4-28-18(12-17(25-28)13(2)3)19(29)26-7-9-27(10-8-26)32(30,31)14-5-6-16(21)15(11-14)20(22,23)24/h5-6,11-13H,4,7-10H2,1-3H3. The SMILES string of the molecule is CCn1nc(C(C)C)cc1C(=O)N1CCN(S(=O)(=O)c2ccc(Cl)c(C(F)(F)F)c2)CC1. The Kier molecular flexibility index (Phi) is 6.92. The van der Waals surface area contributed by atoms with E-state index in [0.717, 1.165) is 22.1 Å². The summed E-state index contributed by atoms with van der Waals surface area (Å²) in [6.45, 7) is 6.50. The summed E-state index contributed by atoms with van der Waals surface area (Å²) in [4.78, 5) is 14.0. The average Bonchev–Trinajstić information content (AvgIpc) is 3.17. The molecule has 0 N–H and O–H groups in total. The fourth-order valence-electron chi connectivity index (χ4n) is 3.46. The van der Waals surface area contributed by atoms with Gasteiger partial charge in [-0.3, -0.25) is 9.48 Å². The molecule has 1 aliphatic rings. The number of carbonyl (C=O) groups excluding carboxylic acids is 1. The zero-order valence-corrected chi connectivity index (χ0v) is 19.4. The van der Waals surface area contributed by atoms with Crippen molar-refractivity contribution >= 4 is 27.5 Å². The van der Waals surface area contributed by atoms with Crippen LogP contribution in [-0.2, 0) is 22.7 Å². The molecular weight excluding hydrogens is 469 g/mol. The molecule has 7 nitrogen and oxygen atoms in total. The molecule has 2 aromatic rings. The Balaban J connectivity index is 1.76. The number of piperazine rings is 1. The van der Waals surface area contributed by atoms with Gasteiger partial charge in [0.1, 0.15) is 5.69 Å².